The summed E-state index contributed by atoms with van der Waals surface area (Å²) in [5, 5.41) is 20.1. The number of aliphatic hydroxyl groups is 2. The highest BCUT2D eigenvalue weighted by Gasteiger charge is 2.21. The molecular formula is C11H13Cl2NO3S. The second kappa shape index (κ2) is 7.31. The summed E-state index contributed by atoms with van der Waals surface area (Å²) < 4.78 is 0. The predicted octanol–water partition coefficient (Wildman–Crippen LogP) is 2.45. The van der Waals surface area contributed by atoms with Gasteiger partial charge in [0.2, 0.25) is 0 Å². The van der Waals surface area contributed by atoms with Crippen molar-refractivity contribution < 1.29 is 15.0 Å². The van der Waals surface area contributed by atoms with E-state index in [0.29, 0.717) is 10.8 Å². The number of nitrogens with zero attached hydrogens (tertiary/aromatic N) is 1. The lowest BCUT2D eigenvalue weighted by molar-refractivity contribution is -0.109. The maximum Gasteiger partial charge on any atom is 0.185 e. The number of pyridine rings is 1. The molecule has 1 aromatic rings. The summed E-state index contributed by atoms with van der Waals surface area (Å²) in [6.07, 6.45) is -0.558. The van der Waals surface area contributed by atoms with E-state index in [0.717, 1.165) is 11.8 Å². The molecule has 0 aliphatic rings. The minimum atomic E-state index is -1.17. The van der Waals surface area contributed by atoms with Crippen LogP contribution in [0, 0.1) is 0 Å². The summed E-state index contributed by atoms with van der Waals surface area (Å²) in [5.41, 5.74) is 0.282. The fourth-order valence-corrected chi connectivity index (χ4v) is 2.36. The monoisotopic (exact) mass is 309 g/mol. The van der Waals surface area contributed by atoms with Gasteiger partial charge in [-0.3, -0.25) is 4.79 Å². The highest BCUT2D eigenvalue weighted by Crippen LogP contribution is 2.27. The molecule has 0 spiro atoms. The molecule has 1 aromatic heterocycles. The molecule has 4 nitrogen and oxygen atoms in total. The Morgan fingerprint density at radius 2 is 2.17 bits per heavy atom. The molecule has 0 fully saturated rings. The van der Waals surface area contributed by atoms with E-state index < -0.39 is 12.2 Å². The van der Waals surface area contributed by atoms with Crippen molar-refractivity contribution in [2.24, 2.45) is 0 Å². The first-order chi connectivity index (χ1) is 8.41. The molecule has 2 N–H and O–H groups in total. The van der Waals surface area contributed by atoms with Crippen LogP contribution in [0.25, 0.3) is 0 Å². The van der Waals surface area contributed by atoms with Crippen molar-refractivity contribution >= 4 is 40.1 Å². The highest BCUT2D eigenvalue weighted by atomic mass is 35.5. The zero-order valence-electron chi connectivity index (χ0n) is 9.64. The van der Waals surface area contributed by atoms with Crippen molar-refractivity contribution in [2.45, 2.75) is 25.6 Å². The van der Waals surface area contributed by atoms with Crippen LogP contribution in [0.4, 0.5) is 0 Å². The molecule has 0 amide bonds. The molecule has 0 saturated heterocycles. The molecule has 1 heterocycles. The lowest BCUT2D eigenvalue weighted by Gasteiger charge is -2.18. The fourth-order valence-electron chi connectivity index (χ4n) is 1.33. The van der Waals surface area contributed by atoms with Gasteiger partial charge in [0, 0.05) is 24.4 Å². The largest absolute Gasteiger partial charge is 0.390 e. The molecule has 1 rings (SSSR count). The second-order valence-electron chi connectivity index (χ2n) is 3.67. The van der Waals surface area contributed by atoms with Crippen molar-refractivity contribution in [3.05, 3.63) is 28.0 Å². The van der Waals surface area contributed by atoms with E-state index in [1.165, 1.54) is 19.2 Å². The number of aliphatic hydroxyl groups excluding tert-OH is 2. The molecule has 2 unspecified atom stereocenters. The standard InChI is InChI=1S/C11H13Cl2NO3S/c1-6(15)18-3-2-9(16)10(17)8-4-7(12)5-14-11(8)13/h4-5,9-10,16-17H,2-3H2,1H3. The molecule has 100 valence electrons. The average Bonchev–Trinajstić information content (AvgIpc) is 2.30. The minimum Gasteiger partial charge on any atom is -0.390 e. The summed E-state index contributed by atoms with van der Waals surface area (Å²) in [4.78, 5) is 14.5. The molecule has 18 heavy (non-hydrogen) atoms. The van der Waals surface area contributed by atoms with Crippen LogP contribution in [0.2, 0.25) is 10.2 Å². The Morgan fingerprint density at radius 1 is 1.50 bits per heavy atom. The van der Waals surface area contributed by atoms with E-state index >= 15 is 0 Å². The first-order valence-electron chi connectivity index (χ1n) is 5.22. The molecule has 7 heteroatoms. The molecular weight excluding hydrogens is 297 g/mol. The van der Waals surface area contributed by atoms with Crippen molar-refractivity contribution in [2.75, 3.05) is 5.75 Å². The van der Waals surface area contributed by atoms with Crippen LogP contribution >= 0.6 is 35.0 Å². The molecule has 2 atom stereocenters. The molecule has 0 aromatic carbocycles. The van der Waals surface area contributed by atoms with Gasteiger partial charge in [-0.2, -0.15) is 0 Å². The minimum absolute atomic E-state index is 0.0286. The summed E-state index contributed by atoms with van der Waals surface area (Å²) in [6, 6.07) is 1.46. The molecule has 0 aliphatic heterocycles. The summed E-state index contributed by atoms with van der Waals surface area (Å²) >= 11 is 12.7. The first-order valence-corrected chi connectivity index (χ1v) is 6.96. The number of halogens is 2. The predicted molar refractivity (Wildman–Crippen MR) is 73.0 cm³/mol. The van der Waals surface area contributed by atoms with Gasteiger partial charge >= 0.3 is 0 Å². The lowest BCUT2D eigenvalue weighted by atomic mass is 10.0. The smallest absolute Gasteiger partial charge is 0.185 e. The van der Waals surface area contributed by atoms with Gasteiger partial charge in [0.05, 0.1) is 11.1 Å². The zero-order chi connectivity index (χ0) is 13.7. The van der Waals surface area contributed by atoms with Gasteiger partial charge in [0.25, 0.3) is 0 Å². The van der Waals surface area contributed by atoms with Crippen molar-refractivity contribution in [3.8, 4) is 0 Å². The third-order valence-corrected chi connectivity index (χ3v) is 3.60. The molecule has 0 aliphatic carbocycles. The zero-order valence-corrected chi connectivity index (χ0v) is 12.0. The number of rotatable bonds is 5. The number of carbonyl (C=O) groups is 1. The Morgan fingerprint density at radius 3 is 2.78 bits per heavy atom. The van der Waals surface area contributed by atoms with E-state index in [2.05, 4.69) is 4.98 Å². The van der Waals surface area contributed by atoms with Crippen LogP contribution in [0.3, 0.4) is 0 Å². The van der Waals surface area contributed by atoms with Gasteiger partial charge in [-0.05, 0) is 12.5 Å². The second-order valence-corrected chi connectivity index (χ2v) is 5.74. The summed E-state index contributed by atoms with van der Waals surface area (Å²) in [7, 11) is 0. The van der Waals surface area contributed by atoms with Crippen molar-refractivity contribution in [3.63, 3.8) is 0 Å². The quantitative estimate of drug-likeness (QED) is 0.818. The maximum atomic E-state index is 10.7. The Labute approximate surface area is 119 Å². The van der Waals surface area contributed by atoms with E-state index in [1.807, 2.05) is 0 Å². The van der Waals surface area contributed by atoms with Crippen LogP contribution in [-0.2, 0) is 4.79 Å². The molecule has 0 bridgehead atoms. The summed E-state index contributed by atoms with van der Waals surface area (Å²) in [5.74, 6) is 0.430. The van der Waals surface area contributed by atoms with Gasteiger partial charge in [-0.1, -0.05) is 35.0 Å². The molecule has 0 saturated carbocycles. The maximum absolute atomic E-state index is 10.7. The Bertz CT molecular complexity index is 431. The number of thioether (sulfide) groups is 1. The van der Waals surface area contributed by atoms with Crippen LogP contribution in [-0.4, -0.2) is 32.2 Å². The van der Waals surface area contributed by atoms with E-state index in [9.17, 15) is 15.0 Å². The Hall–Kier alpha value is -0.330. The lowest BCUT2D eigenvalue weighted by Crippen LogP contribution is -2.19. The van der Waals surface area contributed by atoms with Gasteiger partial charge < -0.3 is 10.2 Å². The van der Waals surface area contributed by atoms with E-state index in [-0.39, 0.29) is 22.3 Å². The van der Waals surface area contributed by atoms with Crippen LogP contribution in [0.5, 0.6) is 0 Å². The highest BCUT2D eigenvalue weighted by molar-refractivity contribution is 8.13. The number of carbonyl (C=O) groups excluding carboxylic acids is 1. The average molecular weight is 310 g/mol. The first kappa shape index (κ1) is 15.7. The fraction of sp³-hybridized carbons (Fsp3) is 0.455. The van der Waals surface area contributed by atoms with Gasteiger partial charge in [-0.25, -0.2) is 4.98 Å². The molecule has 0 radical (unpaired) electrons. The van der Waals surface area contributed by atoms with Gasteiger partial charge in [0.1, 0.15) is 11.3 Å². The van der Waals surface area contributed by atoms with Crippen LogP contribution in [0.15, 0.2) is 12.3 Å². The number of hydrogen-bond acceptors (Lipinski definition) is 5. The van der Waals surface area contributed by atoms with E-state index in [1.54, 1.807) is 0 Å². The van der Waals surface area contributed by atoms with Crippen LogP contribution in [0.1, 0.15) is 25.0 Å². The summed E-state index contributed by atoms with van der Waals surface area (Å²) in [6.45, 7) is 1.45. The topological polar surface area (TPSA) is 70.4 Å². The van der Waals surface area contributed by atoms with Gasteiger partial charge in [-0.15, -0.1) is 0 Å². The van der Waals surface area contributed by atoms with Crippen LogP contribution < -0.4 is 0 Å². The SMILES string of the molecule is CC(=O)SCCC(O)C(O)c1cc(Cl)cnc1Cl. The van der Waals surface area contributed by atoms with E-state index in [4.69, 9.17) is 23.2 Å². The third kappa shape index (κ3) is 4.74. The Balaban J connectivity index is 2.64. The van der Waals surface area contributed by atoms with Gasteiger partial charge in [0.15, 0.2) is 5.12 Å². The van der Waals surface area contributed by atoms with Crippen molar-refractivity contribution in [1.29, 1.82) is 0 Å². The third-order valence-electron chi connectivity index (χ3n) is 2.23. The van der Waals surface area contributed by atoms with Crippen molar-refractivity contribution in [1.82, 2.24) is 4.98 Å². The Kier molecular flexibility index (Phi) is 6.38. The number of hydrogen-bond donors (Lipinski definition) is 2. The normalized spacial score (nSPS) is 14.3. The number of aromatic nitrogens is 1.